The normalized spacial score (nSPS) is 28.4. The van der Waals surface area contributed by atoms with Gasteiger partial charge in [0.2, 0.25) is 5.91 Å². The molecule has 0 aromatic carbocycles. The Balaban J connectivity index is 2.06. The molecule has 2 aliphatic rings. The molecule has 0 saturated carbocycles. The van der Waals surface area contributed by atoms with Gasteiger partial charge in [0.05, 0.1) is 18.1 Å². The largest absolute Gasteiger partial charge is 0.391 e. The van der Waals surface area contributed by atoms with E-state index in [9.17, 15) is 9.90 Å². The molecule has 5 heteroatoms. The molecule has 0 bridgehead atoms. The molecule has 0 aliphatic carbocycles. The maximum atomic E-state index is 12.6. The summed E-state index contributed by atoms with van der Waals surface area (Å²) in [5.74, 6) is 0.164. The molecule has 98 valence electrons. The second kappa shape index (κ2) is 5.33. The maximum Gasteiger partial charge on any atom is 0.231 e. The van der Waals surface area contributed by atoms with Crippen molar-refractivity contribution in [2.75, 3.05) is 39.9 Å². The van der Waals surface area contributed by atoms with Crippen molar-refractivity contribution >= 4 is 5.91 Å². The van der Waals surface area contributed by atoms with Crippen molar-refractivity contribution in [1.82, 2.24) is 10.2 Å². The molecule has 2 rings (SSSR count). The molecule has 17 heavy (non-hydrogen) atoms. The zero-order chi connectivity index (χ0) is 12.3. The summed E-state index contributed by atoms with van der Waals surface area (Å²) in [6.07, 6.45) is 2.01. The van der Waals surface area contributed by atoms with Crippen LogP contribution in [-0.4, -0.2) is 61.9 Å². The lowest BCUT2D eigenvalue weighted by Crippen LogP contribution is -2.51. The summed E-state index contributed by atoms with van der Waals surface area (Å²) in [5, 5.41) is 12.8. The van der Waals surface area contributed by atoms with Gasteiger partial charge in [-0.25, -0.2) is 0 Å². The number of nitrogens with one attached hydrogen (secondary N) is 1. The Morgan fingerprint density at radius 2 is 2.24 bits per heavy atom. The number of amides is 1. The third-order valence-corrected chi connectivity index (χ3v) is 3.89. The molecule has 2 saturated heterocycles. The van der Waals surface area contributed by atoms with E-state index in [1.807, 2.05) is 0 Å². The second-order valence-electron chi connectivity index (χ2n) is 5.16. The van der Waals surface area contributed by atoms with Gasteiger partial charge in [0.25, 0.3) is 0 Å². The molecule has 2 heterocycles. The van der Waals surface area contributed by atoms with E-state index >= 15 is 0 Å². The Morgan fingerprint density at radius 3 is 2.76 bits per heavy atom. The van der Waals surface area contributed by atoms with Crippen LogP contribution in [-0.2, 0) is 9.53 Å². The fraction of sp³-hybridized carbons (Fsp3) is 0.917. The van der Waals surface area contributed by atoms with Gasteiger partial charge >= 0.3 is 0 Å². The van der Waals surface area contributed by atoms with Crippen LogP contribution in [0.3, 0.4) is 0 Å². The maximum absolute atomic E-state index is 12.6. The molecule has 0 spiro atoms. The number of carbonyl (C=O) groups excluding carboxylic acids is 1. The highest BCUT2D eigenvalue weighted by Crippen LogP contribution is 2.32. The van der Waals surface area contributed by atoms with Crippen LogP contribution in [0.25, 0.3) is 0 Å². The van der Waals surface area contributed by atoms with Crippen LogP contribution in [0.15, 0.2) is 0 Å². The van der Waals surface area contributed by atoms with Crippen LogP contribution in [0.4, 0.5) is 0 Å². The summed E-state index contributed by atoms with van der Waals surface area (Å²) in [5.41, 5.74) is -0.371. The summed E-state index contributed by atoms with van der Waals surface area (Å²) in [4.78, 5) is 14.4. The fourth-order valence-corrected chi connectivity index (χ4v) is 2.86. The molecular formula is C12H22N2O3. The van der Waals surface area contributed by atoms with E-state index in [0.717, 1.165) is 25.9 Å². The molecule has 5 nitrogen and oxygen atoms in total. The van der Waals surface area contributed by atoms with Crippen molar-refractivity contribution in [3.8, 4) is 0 Å². The van der Waals surface area contributed by atoms with E-state index in [4.69, 9.17) is 4.74 Å². The van der Waals surface area contributed by atoms with Gasteiger partial charge in [-0.1, -0.05) is 0 Å². The number of nitrogens with zero attached hydrogens (tertiary/aromatic N) is 1. The van der Waals surface area contributed by atoms with Crippen molar-refractivity contribution in [3.05, 3.63) is 0 Å². The van der Waals surface area contributed by atoms with Gasteiger partial charge in [0, 0.05) is 20.2 Å². The number of aliphatic hydroxyl groups is 1. The zero-order valence-electron chi connectivity index (χ0n) is 10.4. The highest BCUT2D eigenvalue weighted by atomic mass is 16.5. The Hall–Kier alpha value is -0.650. The van der Waals surface area contributed by atoms with Crippen LogP contribution in [0.2, 0.25) is 0 Å². The van der Waals surface area contributed by atoms with Crippen molar-refractivity contribution in [1.29, 1.82) is 0 Å². The monoisotopic (exact) mass is 242 g/mol. The van der Waals surface area contributed by atoms with Gasteiger partial charge in [-0.2, -0.15) is 0 Å². The molecule has 2 N–H and O–H groups in total. The first-order valence-corrected chi connectivity index (χ1v) is 6.35. The highest BCUT2D eigenvalue weighted by molar-refractivity contribution is 5.83. The number of piperidine rings is 1. The van der Waals surface area contributed by atoms with Crippen molar-refractivity contribution in [3.63, 3.8) is 0 Å². The van der Waals surface area contributed by atoms with Gasteiger partial charge in [-0.05, 0) is 32.4 Å². The third-order valence-electron chi connectivity index (χ3n) is 3.89. The number of carbonyl (C=O) groups is 1. The van der Waals surface area contributed by atoms with E-state index in [1.54, 1.807) is 12.0 Å². The van der Waals surface area contributed by atoms with Gasteiger partial charge in [0.1, 0.15) is 0 Å². The summed E-state index contributed by atoms with van der Waals surface area (Å²) in [6.45, 7) is 3.38. The molecule has 0 radical (unpaired) electrons. The van der Waals surface area contributed by atoms with Crippen LogP contribution in [0.5, 0.6) is 0 Å². The first-order chi connectivity index (χ1) is 8.18. The van der Waals surface area contributed by atoms with Crippen LogP contribution in [0, 0.1) is 5.41 Å². The lowest BCUT2D eigenvalue weighted by molar-refractivity contribution is -0.146. The number of ether oxygens (including phenoxy) is 1. The van der Waals surface area contributed by atoms with E-state index in [1.165, 1.54) is 0 Å². The summed E-state index contributed by atoms with van der Waals surface area (Å²) < 4.78 is 5.25. The number of rotatable bonds is 3. The summed E-state index contributed by atoms with van der Waals surface area (Å²) in [6, 6.07) is 0. The van der Waals surface area contributed by atoms with Crippen molar-refractivity contribution < 1.29 is 14.6 Å². The molecule has 2 fully saturated rings. The minimum Gasteiger partial charge on any atom is -0.391 e. The average molecular weight is 242 g/mol. The standard InChI is InChI=1S/C12H22N2O3/c1-17-9-12(3-5-13-6-4-12)11(16)14-7-2-10(15)8-14/h10,13,15H,2-9H2,1H3. The van der Waals surface area contributed by atoms with Gasteiger partial charge < -0.3 is 20.1 Å². The molecule has 0 aromatic heterocycles. The molecule has 1 unspecified atom stereocenters. The van der Waals surface area contributed by atoms with Crippen LogP contribution in [0.1, 0.15) is 19.3 Å². The molecular weight excluding hydrogens is 220 g/mol. The second-order valence-corrected chi connectivity index (χ2v) is 5.16. The number of likely N-dealkylation sites (tertiary alicyclic amines) is 1. The fourth-order valence-electron chi connectivity index (χ4n) is 2.86. The van der Waals surface area contributed by atoms with Crippen LogP contribution < -0.4 is 5.32 Å². The van der Waals surface area contributed by atoms with E-state index in [-0.39, 0.29) is 17.4 Å². The third kappa shape index (κ3) is 2.61. The predicted molar refractivity (Wildman–Crippen MR) is 63.6 cm³/mol. The number of β-amino-alcohol motifs (C(OH)–C–C–N with tert-alkyl or cyclic N) is 1. The Morgan fingerprint density at radius 1 is 1.53 bits per heavy atom. The smallest absolute Gasteiger partial charge is 0.231 e. The first kappa shape index (κ1) is 12.8. The zero-order valence-corrected chi connectivity index (χ0v) is 10.4. The average Bonchev–Trinajstić information content (AvgIpc) is 2.76. The number of hydrogen-bond donors (Lipinski definition) is 2. The van der Waals surface area contributed by atoms with E-state index in [2.05, 4.69) is 5.32 Å². The van der Waals surface area contributed by atoms with Crippen molar-refractivity contribution in [2.24, 2.45) is 5.41 Å². The highest BCUT2D eigenvalue weighted by Gasteiger charge is 2.43. The quantitative estimate of drug-likeness (QED) is 0.706. The predicted octanol–water partition coefficient (Wildman–Crippen LogP) is -0.404. The molecule has 1 amide bonds. The molecule has 2 aliphatic heterocycles. The Kier molecular flexibility index (Phi) is 4.01. The first-order valence-electron chi connectivity index (χ1n) is 6.35. The van der Waals surface area contributed by atoms with Gasteiger partial charge in [0.15, 0.2) is 0 Å². The SMILES string of the molecule is COCC1(C(=O)N2CCC(O)C2)CCNCC1. The Labute approximate surface area is 102 Å². The van der Waals surface area contributed by atoms with Crippen LogP contribution >= 0.6 is 0 Å². The van der Waals surface area contributed by atoms with Crippen molar-refractivity contribution in [2.45, 2.75) is 25.4 Å². The Bertz CT molecular complexity index is 271. The number of aliphatic hydroxyl groups excluding tert-OH is 1. The minimum atomic E-state index is -0.371. The van der Waals surface area contributed by atoms with E-state index in [0.29, 0.717) is 26.1 Å². The summed E-state index contributed by atoms with van der Waals surface area (Å²) >= 11 is 0. The van der Waals surface area contributed by atoms with Gasteiger partial charge in [-0.3, -0.25) is 4.79 Å². The lowest BCUT2D eigenvalue weighted by atomic mass is 9.78. The molecule has 0 aromatic rings. The minimum absolute atomic E-state index is 0.164. The summed E-state index contributed by atoms with van der Waals surface area (Å²) in [7, 11) is 1.65. The number of methoxy groups -OCH3 is 1. The van der Waals surface area contributed by atoms with Gasteiger partial charge in [-0.15, -0.1) is 0 Å². The lowest BCUT2D eigenvalue weighted by Gasteiger charge is -2.38. The molecule has 1 atom stereocenters. The number of hydrogen-bond acceptors (Lipinski definition) is 4. The topological polar surface area (TPSA) is 61.8 Å². The van der Waals surface area contributed by atoms with E-state index < -0.39 is 0 Å².